The smallest absolute Gasteiger partial charge is 0.243 e. The number of fused-ring (bicyclic) bond motifs is 1. The zero-order valence-corrected chi connectivity index (χ0v) is 21.5. The lowest BCUT2D eigenvalue weighted by Crippen LogP contribution is -2.16. The van der Waals surface area contributed by atoms with Crippen molar-refractivity contribution in [3.8, 4) is 33.9 Å². The number of pyridine rings is 1. The fraction of sp³-hybridized carbons (Fsp3) is 0.269. The van der Waals surface area contributed by atoms with Crippen molar-refractivity contribution in [2.75, 3.05) is 12.8 Å². The van der Waals surface area contributed by atoms with E-state index >= 15 is 4.39 Å². The van der Waals surface area contributed by atoms with Gasteiger partial charge in [0.2, 0.25) is 21.9 Å². The largest absolute Gasteiger partial charge is 0.488 e. The maximum Gasteiger partial charge on any atom is 0.243 e. The van der Waals surface area contributed by atoms with Gasteiger partial charge in [-0.3, -0.25) is 0 Å². The number of nitrogens with two attached hydrogens (primary N) is 2. The van der Waals surface area contributed by atoms with E-state index in [0.29, 0.717) is 33.5 Å². The van der Waals surface area contributed by atoms with Crippen LogP contribution in [0.3, 0.4) is 0 Å². The van der Waals surface area contributed by atoms with E-state index < -0.39 is 26.6 Å². The first-order chi connectivity index (χ1) is 18.1. The fourth-order valence-electron chi connectivity index (χ4n) is 4.78. The van der Waals surface area contributed by atoms with Crippen LogP contribution < -0.4 is 20.3 Å². The van der Waals surface area contributed by atoms with E-state index in [9.17, 15) is 12.8 Å². The molecule has 1 fully saturated rings. The number of benzene rings is 2. The van der Waals surface area contributed by atoms with Crippen molar-refractivity contribution in [2.24, 2.45) is 5.14 Å². The number of aryl methyl sites for hydroxylation is 1. The number of hydrogen-bond donors (Lipinski definition) is 2. The molecule has 4 aromatic rings. The number of halogens is 2. The van der Waals surface area contributed by atoms with Crippen LogP contribution in [0.2, 0.25) is 0 Å². The molecule has 1 saturated carbocycles. The normalized spacial score (nSPS) is 14.2. The summed E-state index contributed by atoms with van der Waals surface area (Å²) in [5.41, 5.74) is 8.21. The number of ether oxygens (including phenoxy) is 2. The van der Waals surface area contributed by atoms with Gasteiger partial charge in [-0.2, -0.15) is 0 Å². The van der Waals surface area contributed by atoms with Gasteiger partial charge < -0.3 is 15.2 Å². The maximum absolute atomic E-state index is 15.3. The standard InChI is InChI=1S/C26H25F2N5O4S/c1-13-18-9-14(11-21(23(18)33-26(29)32-13)37-16-5-3-4-6-16)15-10-19(25(36-2)31-12-15)17-7-8-20(27)24(22(17)28)38(30,34)35/h7-12,16H,3-6H2,1-2H3,(H2,29,32,33)(H2,30,34,35). The molecule has 0 amide bonds. The average molecular weight is 542 g/mol. The Kier molecular flexibility index (Phi) is 6.61. The molecule has 2 heterocycles. The van der Waals surface area contributed by atoms with E-state index in [0.717, 1.165) is 37.8 Å². The molecule has 0 unspecified atom stereocenters. The van der Waals surface area contributed by atoms with Gasteiger partial charge in [0.1, 0.15) is 17.1 Å². The molecule has 2 aromatic heterocycles. The van der Waals surface area contributed by atoms with Crippen LogP contribution in [0.1, 0.15) is 31.4 Å². The summed E-state index contributed by atoms with van der Waals surface area (Å²) in [4.78, 5) is 11.8. The number of hydrogen-bond acceptors (Lipinski definition) is 8. The Morgan fingerprint density at radius 3 is 2.45 bits per heavy atom. The number of nitrogens with zero attached hydrogens (tertiary/aromatic N) is 3. The van der Waals surface area contributed by atoms with Crippen LogP contribution in [0.5, 0.6) is 11.6 Å². The monoisotopic (exact) mass is 541 g/mol. The molecule has 9 nitrogen and oxygen atoms in total. The topological polar surface area (TPSA) is 143 Å². The first kappa shape index (κ1) is 25.7. The third-order valence-corrected chi connectivity index (χ3v) is 7.51. The summed E-state index contributed by atoms with van der Waals surface area (Å²) < 4.78 is 64.9. The average Bonchev–Trinajstić information content (AvgIpc) is 3.36. The van der Waals surface area contributed by atoms with Gasteiger partial charge in [0.05, 0.1) is 18.9 Å². The van der Waals surface area contributed by atoms with Gasteiger partial charge in [-0.25, -0.2) is 37.3 Å². The summed E-state index contributed by atoms with van der Waals surface area (Å²) in [5.74, 6) is -1.97. The zero-order valence-electron chi connectivity index (χ0n) is 20.7. The van der Waals surface area contributed by atoms with Crippen molar-refractivity contribution in [1.82, 2.24) is 15.0 Å². The third kappa shape index (κ3) is 4.72. The van der Waals surface area contributed by atoms with Crippen molar-refractivity contribution in [3.05, 3.63) is 53.9 Å². The lowest BCUT2D eigenvalue weighted by atomic mass is 9.99. The molecule has 1 aliphatic rings. The lowest BCUT2D eigenvalue weighted by molar-refractivity contribution is 0.212. The van der Waals surface area contributed by atoms with Crippen molar-refractivity contribution in [3.63, 3.8) is 0 Å². The van der Waals surface area contributed by atoms with Gasteiger partial charge in [-0.05, 0) is 68.5 Å². The Morgan fingerprint density at radius 2 is 1.76 bits per heavy atom. The van der Waals surface area contributed by atoms with Crippen molar-refractivity contribution < 1.29 is 26.7 Å². The number of anilines is 1. The van der Waals surface area contributed by atoms with Gasteiger partial charge >= 0.3 is 0 Å². The van der Waals surface area contributed by atoms with Gasteiger partial charge in [0, 0.05) is 28.3 Å². The number of methoxy groups -OCH3 is 1. The zero-order chi connectivity index (χ0) is 27.2. The first-order valence-electron chi connectivity index (χ1n) is 11.9. The minimum atomic E-state index is -4.68. The Balaban J connectivity index is 1.71. The summed E-state index contributed by atoms with van der Waals surface area (Å²) in [6, 6.07) is 7.16. The van der Waals surface area contributed by atoms with Crippen LogP contribution in [-0.4, -0.2) is 36.6 Å². The van der Waals surface area contributed by atoms with Gasteiger partial charge in [0.25, 0.3) is 0 Å². The molecule has 4 N–H and O–H groups in total. The van der Waals surface area contributed by atoms with E-state index in [4.69, 9.17) is 20.3 Å². The molecule has 0 saturated heterocycles. The van der Waals surface area contributed by atoms with Crippen molar-refractivity contribution in [1.29, 1.82) is 0 Å². The number of primary sulfonamides is 1. The van der Waals surface area contributed by atoms with Crippen LogP contribution in [0.15, 0.2) is 41.4 Å². The maximum atomic E-state index is 15.3. The molecular weight excluding hydrogens is 516 g/mol. The minimum Gasteiger partial charge on any atom is -0.488 e. The number of rotatable bonds is 6. The number of sulfonamides is 1. The van der Waals surface area contributed by atoms with Crippen LogP contribution in [-0.2, 0) is 10.0 Å². The Bertz CT molecular complexity index is 1670. The molecule has 0 atom stereocenters. The highest BCUT2D eigenvalue weighted by Crippen LogP contribution is 2.39. The second-order valence-corrected chi connectivity index (χ2v) is 10.6. The van der Waals surface area contributed by atoms with Crippen molar-refractivity contribution >= 4 is 26.9 Å². The van der Waals surface area contributed by atoms with Crippen molar-refractivity contribution in [2.45, 2.75) is 43.6 Å². The Morgan fingerprint density at radius 1 is 1.03 bits per heavy atom. The van der Waals surface area contributed by atoms with Gasteiger partial charge in [-0.15, -0.1) is 0 Å². The molecule has 12 heteroatoms. The summed E-state index contributed by atoms with van der Waals surface area (Å²) in [6.45, 7) is 1.81. The molecule has 38 heavy (non-hydrogen) atoms. The second-order valence-electron chi connectivity index (χ2n) is 9.13. The highest BCUT2D eigenvalue weighted by atomic mass is 32.2. The quantitative estimate of drug-likeness (QED) is 0.363. The number of nitrogen functional groups attached to an aromatic ring is 1. The molecule has 198 valence electrons. The predicted octanol–water partition coefficient (Wildman–Crippen LogP) is 4.51. The SMILES string of the molecule is COc1ncc(-c2cc(OC3CCCC3)c3nc(N)nc(C)c3c2)cc1-c1ccc(F)c(S(N)(=O)=O)c1F. The Hall–Kier alpha value is -3.90. The van der Waals surface area contributed by atoms with E-state index in [-0.39, 0.29) is 29.1 Å². The molecule has 1 aliphatic carbocycles. The molecule has 0 bridgehead atoms. The molecule has 0 aliphatic heterocycles. The predicted molar refractivity (Wildman–Crippen MR) is 138 cm³/mol. The Labute approximate surface area is 217 Å². The summed E-state index contributed by atoms with van der Waals surface area (Å²) >= 11 is 0. The molecular formula is C26H25F2N5O4S. The van der Waals surface area contributed by atoms with Crippen LogP contribution >= 0.6 is 0 Å². The molecule has 5 rings (SSSR count). The molecule has 0 radical (unpaired) electrons. The van der Waals surface area contributed by atoms with E-state index in [1.54, 1.807) is 12.1 Å². The van der Waals surface area contributed by atoms with E-state index in [1.807, 2.05) is 13.0 Å². The molecule has 0 spiro atoms. The van der Waals surface area contributed by atoms with Crippen LogP contribution in [0.25, 0.3) is 33.2 Å². The van der Waals surface area contributed by atoms with E-state index in [2.05, 4.69) is 15.0 Å². The highest BCUT2D eigenvalue weighted by Gasteiger charge is 2.26. The van der Waals surface area contributed by atoms with Gasteiger partial charge in [0.15, 0.2) is 10.7 Å². The lowest BCUT2D eigenvalue weighted by Gasteiger charge is -2.18. The van der Waals surface area contributed by atoms with Gasteiger partial charge in [-0.1, -0.05) is 0 Å². The van der Waals surface area contributed by atoms with Crippen LogP contribution in [0.4, 0.5) is 14.7 Å². The highest BCUT2D eigenvalue weighted by molar-refractivity contribution is 7.89. The second kappa shape index (κ2) is 9.76. The summed E-state index contributed by atoms with van der Waals surface area (Å²) in [7, 11) is -3.34. The van der Waals surface area contributed by atoms with E-state index in [1.165, 1.54) is 13.3 Å². The summed E-state index contributed by atoms with van der Waals surface area (Å²) in [6.07, 6.45) is 5.57. The van der Waals surface area contributed by atoms with Crippen LogP contribution in [0, 0.1) is 18.6 Å². The minimum absolute atomic E-state index is 0.00938. The number of aromatic nitrogens is 3. The third-order valence-electron chi connectivity index (χ3n) is 6.57. The first-order valence-corrected chi connectivity index (χ1v) is 13.4. The molecule has 2 aromatic carbocycles. The summed E-state index contributed by atoms with van der Waals surface area (Å²) in [5, 5.41) is 5.78. The fourth-order valence-corrected chi connectivity index (χ4v) is 5.48.